The topological polar surface area (TPSA) is 111 Å². The minimum absolute atomic E-state index is 0.00450. The van der Waals surface area contributed by atoms with Gasteiger partial charge in [-0.05, 0) is 0 Å². The van der Waals surface area contributed by atoms with E-state index in [9.17, 15) is 14.7 Å². The van der Waals surface area contributed by atoms with Gasteiger partial charge >= 0.3 is 11.8 Å². The van der Waals surface area contributed by atoms with Crippen LogP contribution in [0.5, 0.6) is 0 Å². The molecule has 0 spiro atoms. The van der Waals surface area contributed by atoms with E-state index in [-0.39, 0.29) is 17.0 Å². The fourth-order valence-electron chi connectivity index (χ4n) is 3.24. The maximum Gasteiger partial charge on any atom is 0.383 e. The summed E-state index contributed by atoms with van der Waals surface area (Å²) in [6.07, 6.45) is 0. The Bertz CT molecular complexity index is 1170. The molecule has 1 aliphatic heterocycles. The largest absolute Gasteiger partial charge is 0.507 e. The monoisotopic (exact) mass is 414 g/mol. The summed E-state index contributed by atoms with van der Waals surface area (Å²) in [4.78, 5) is 30.8. The average Bonchev–Trinajstić information content (AvgIpc) is 3.09. The first-order chi connectivity index (χ1) is 15.0. The van der Waals surface area contributed by atoms with Gasteiger partial charge in [-0.2, -0.15) is 0 Å². The van der Waals surface area contributed by atoms with Gasteiger partial charge in [-0.15, -0.1) is 0 Å². The van der Waals surface area contributed by atoms with Gasteiger partial charge in [0.05, 0.1) is 0 Å². The van der Waals surface area contributed by atoms with Crippen LogP contribution in [0.15, 0.2) is 102 Å². The number of aliphatic hydroxyl groups excluding tert-OH is 1. The normalized spacial score (nSPS) is 20.3. The van der Waals surface area contributed by atoms with Gasteiger partial charge in [0.25, 0.3) is 5.78 Å². The molecule has 0 amide bonds. The van der Waals surface area contributed by atoms with E-state index in [1.807, 2.05) is 6.07 Å². The number of nitrogens with zero attached hydrogens (tertiary/aromatic N) is 1. The number of esters is 1. The molecule has 1 fully saturated rings. The molecule has 1 saturated heterocycles. The predicted octanol–water partition coefficient (Wildman–Crippen LogP) is 3.27. The molecule has 0 radical (unpaired) electrons. The van der Waals surface area contributed by atoms with Crippen molar-refractivity contribution >= 4 is 23.3 Å². The van der Waals surface area contributed by atoms with Crippen molar-refractivity contribution in [3.63, 3.8) is 0 Å². The van der Waals surface area contributed by atoms with Crippen LogP contribution < -0.4 is 5.73 Å². The van der Waals surface area contributed by atoms with Gasteiger partial charge in [0, 0.05) is 16.7 Å². The Morgan fingerprint density at radius 3 is 1.94 bits per heavy atom. The number of aliphatic hydroxyl groups is 1. The van der Waals surface area contributed by atoms with Crippen molar-refractivity contribution in [3.8, 4) is 0 Å². The number of Topliss-reactive ketones (excluding diaryl/α,β-unsaturated/α-hetero) is 1. The first-order valence-corrected chi connectivity index (χ1v) is 9.42. The summed E-state index contributed by atoms with van der Waals surface area (Å²) < 4.78 is 5.40. The molecule has 4 rings (SSSR count). The van der Waals surface area contributed by atoms with Crippen LogP contribution in [0.25, 0.3) is 5.76 Å². The lowest BCUT2D eigenvalue weighted by Gasteiger charge is -2.26. The molecule has 1 atom stereocenters. The Kier molecular flexibility index (Phi) is 5.24. The highest BCUT2D eigenvalue weighted by Crippen LogP contribution is 2.44. The molecule has 1 unspecified atom stereocenters. The summed E-state index contributed by atoms with van der Waals surface area (Å²) in [5.74, 6) is -4.75. The molecule has 154 valence electrons. The number of amidine groups is 1. The lowest BCUT2D eigenvalue weighted by molar-refractivity contribution is -0.204. The molecule has 7 heteroatoms. The number of rotatable bonds is 5. The zero-order valence-corrected chi connectivity index (χ0v) is 16.3. The first kappa shape index (κ1) is 19.9. The number of hydrogen-bond donors (Lipinski definition) is 2. The van der Waals surface area contributed by atoms with E-state index in [4.69, 9.17) is 15.3 Å². The fraction of sp³-hybridized carbons (Fsp3) is 0.0417. The van der Waals surface area contributed by atoms with Gasteiger partial charge in [0.15, 0.2) is 5.84 Å². The molecule has 3 aromatic rings. The second-order valence-corrected chi connectivity index (χ2v) is 6.72. The average molecular weight is 414 g/mol. The van der Waals surface area contributed by atoms with Crippen LogP contribution in [-0.2, 0) is 25.0 Å². The van der Waals surface area contributed by atoms with E-state index in [2.05, 4.69) is 5.16 Å². The maximum atomic E-state index is 12.8. The molecule has 1 heterocycles. The van der Waals surface area contributed by atoms with Gasteiger partial charge in [0.2, 0.25) is 0 Å². The third kappa shape index (κ3) is 3.64. The van der Waals surface area contributed by atoms with Gasteiger partial charge in [-0.25, -0.2) is 4.79 Å². The molecule has 3 aromatic carbocycles. The molecule has 0 bridgehead atoms. The standard InChI is InChI=1S/C24H18N2O5/c25-22(17-12-6-2-7-13-17)26-31-24(18-14-8-3-9-15-18)19(21(28)23(29)30-24)20(27)16-10-4-1-5-11-16/h1-15,27H,(H2,25,26)/b20-19+. The van der Waals surface area contributed by atoms with E-state index >= 15 is 0 Å². The molecule has 31 heavy (non-hydrogen) atoms. The Morgan fingerprint density at radius 2 is 1.35 bits per heavy atom. The molecule has 0 aliphatic carbocycles. The van der Waals surface area contributed by atoms with Crippen LogP contribution >= 0.6 is 0 Å². The van der Waals surface area contributed by atoms with Crippen molar-refractivity contribution in [3.05, 3.63) is 113 Å². The smallest absolute Gasteiger partial charge is 0.383 e. The lowest BCUT2D eigenvalue weighted by atomic mass is 9.93. The SMILES string of the molecule is N/C(=N\OC1(c2ccccc2)OC(=O)C(=O)/C1=C(\O)c1ccccc1)c1ccccc1. The van der Waals surface area contributed by atoms with Crippen LogP contribution in [-0.4, -0.2) is 22.7 Å². The zero-order valence-electron chi connectivity index (χ0n) is 16.3. The molecule has 7 nitrogen and oxygen atoms in total. The van der Waals surface area contributed by atoms with Crippen LogP contribution in [0.4, 0.5) is 0 Å². The fourth-order valence-corrected chi connectivity index (χ4v) is 3.24. The number of carbonyl (C=O) groups is 2. The Labute approximate surface area is 178 Å². The third-order valence-corrected chi connectivity index (χ3v) is 4.76. The number of hydrogen-bond acceptors (Lipinski definition) is 6. The second kappa shape index (κ2) is 8.16. The van der Waals surface area contributed by atoms with Crippen molar-refractivity contribution in [2.24, 2.45) is 10.9 Å². The van der Waals surface area contributed by atoms with E-state index in [1.165, 1.54) is 0 Å². The molecule has 0 aromatic heterocycles. The molecule has 3 N–H and O–H groups in total. The van der Waals surface area contributed by atoms with E-state index < -0.39 is 23.3 Å². The van der Waals surface area contributed by atoms with Crippen molar-refractivity contribution in [1.82, 2.24) is 0 Å². The first-order valence-electron chi connectivity index (χ1n) is 9.42. The summed E-state index contributed by atoms with van der Waals surface area (Å²) in [7, 11) is 0. The molecule has 1 aliphatic rings. The Balaban J connectivity index is 1.90. The number of carbonyl (C=O) groups excluding carboxylic acids is 2. The lowest BCUT2D eigenvalue weighted by Crippen LogP contribution is -2.32. The van der Waals surface area contributed by atoms with Crippen molar-refractivity contribution in [2.45, 2.75) is 5.79 Å². The number of nitrogens with two attached hydrogens (primary N) is 1. The van der Waals surface area contributed by atoms with Gasteiger partial charge in [-0.3, -0.25) is 4.79 Å². The van der Waals surface area contributed by atoms with Crippen LogP contribution in [0.2, 0.25) is 0 Å². The van der Waals surface area contributed by atoms with Gasteiger partial charge < -0.3 is 20.4 Å². The number of oxime groups is 1. The highest BCUT2D eigenvalue weighted by Gasteiger charge is 2.58. The van der Waals surface area contributed by atoms with Crippen LogP contribution in [0.3, 0.4) is 0 Å². The minimum Gasteiger partial charge on any atom is -0.507 e. The molecular weight excluding hydrogens is 396 g/mol. The number of ether oxygens (including phenoxy) is 1. The highest BCUT2D eigenvalue weighted by atomic mass is 16.8. The summed E-state index contributed by atoms with van der Waals surface area (Å²) in [6, 6.07) is 25.4. The zero-order chi connectivity index (χ0) is 21.8. The van der Waals surface area contributed by atoms with Crippen molar-refractivity contribution in [2.75, 3.05) is 0 Å². The maximum absolute atomic E-state index is 12.8. The number of benzene rings is 3. The number of cyclic esters (lactones) is 1. The summed E-state index contributed by atoms with van der Waals surface area (Å²) in [5.41, 5.74) is 6.83. The highest BCUT2D eigenvalue weighted by molar-refractivity contribution is 6.44. The summed E-state index contributed by atoms with van der Waals surface area (Å²) in [5, 5.41) is 14.9. The Morgan fingerprint density at radius 1 is 0.839 bits per heavy atom. The third-order valence-electron chi connectivity index (χ3n) is 4.76. The minimum atomic E-state index is -2.10. The van der Waals surface area contributed by atoms with E-state index in [1.54, 1.807) is 84.9 Å². The molecule has 0 saturated carbocycles. The summed E-state index contributed by atoms with van der Waals surface area (Å²) in [6.45, 7) is 0. The predicted molar refractivity (Wildman–Crippen MR) is 113 cm³/mol. The van der Waals surface area contributed by atoms with Gasteiger partial charge in [-0.1, -0.05) is 96.2 Å². The Hall–Kier alpha value is -4.39. The van der Waals surface area contributed by atoms with Crippen molar-refractivity contribution in [1.29, 1.82) is 0 Å². The second-order valence-electron chi connectivity index (χ2n) is 6.72. The van der Waals surface area contributed by atoms with Crippen LogP contribution in [0, 0.1) is 0 Å². The van der Waals surface area contributed by atoms with Crippen molar-refractivity contribution < 1.29 is 24.3 Å². The quantitative estimate of drug-likeness (QED) is 0.126. The molecular formula is C24H18N2O5. The van der Waals surface area contributed by atoms with E-state index in [0.29, 0.717) is 11.1 Å². The van der Waals surface area contributed by atoms with Gasteiger partial charge in [0.1, 0.15) is 11.3 Å². The van der Waals surface area contributed by atoms with Crippen LogP contribution in [0.1, 0.15) is 16.7 Å². The number of ketones is 1. The van der Waals surface area contributed by atoms with E-state index in [0.717, 1.165) is 0 Å². The summed E-state index contributed by atoms with van der Waals surface area (Å²) >= 11 is 0.